The molecule has 1 heterocycles. The lowest BCUT2D eigenvalue weighted by atomic mass is 10.1. The molecule has 1 N–H and O–H groups in total. The van der Waals surface area contributed by atoms with E-state index in [0.29, 0.717) is 10.7 Å². The van der Waals surface area contributed by atoms with Gasteiger partial charge in [-0.2, -0.15) is 0 Å². The summed E-state index contributed by atoms with van der Waals surface area (Å²) in [7, 11) is 3.88. The van der Waals surface area contributed by atoms with E-state index in [0.717, 1.165) is 11.3 Å². The molecule has 1 saturated heterocycles. The molecule has 0 spiro atoms. The van der Waals surface area contributed by atoms with Crippen LogP contribution in [0.25, 0.3) is 6.08 Å². The van der Waals surface area contributed by atoms with Crippen LogP contribution in [0.4, 0.5) is 11.4 Å². The van der Waals surface area contributed by atoms with Gasteiger partial charge in [0.2, 0.25) is 0 Å². The Labute approximate surface area is 161 Å². The highest BCUT2D eigenvalue weighted by molar-refractivity contribution is 7.80. The maximum Gasteiger partial charge on any atom is 0.270 e. The third-order valence-corrected chi connectivity index (χ3v) is 4.44. The summed E-state index contributed by atoms with van der Waals surface area (Å²) < 4.78 is 0. The molecule has 26 heavy (non-hydrogen) atoms. The topological polar surface area (TPSA) is 52.7 Å². The molecule has 0 atom stereocenters. The molecule has 0 unspecified atom stereocenters. The highest BCUT2D eigenvalue weighted by Crippen LogP contribution is 2.24. The largest absolute Gasteiger partial charge is 0.378 e. The molecule has 1 aliphatic rings. The van der Waals surface area contributed by atoms with Gasteiger partial charge in [-0.3, -0.25) is 19.8 Å². The molecule has 7 heteroatoms. The van der Waals surface area contributed by atoms with E-state index in [2.05, 4.69) is 5.32 Å². The normalized spacial score (nSPS) is 16.0. The van der Waals surface area contributed by atoms with Gasteiger partial charge in [-0.25, -0.2) is 0 Å². The number of rotatable bonds is 3. The Morgan fingerprint density at radius 2 is 1.65 bits per heavy atom. The van der Waals surface area contributed by atoms with Crippen LogP contribution in [0, 0.1) is 0 Å². The minimum absolute atomic E-state index is 0.0196. The number of carbonyl (C=O) groups excluding carboxylic acids is 2. The smallest absolute Gasteiger partial charge is 0.270 e. The Hall–Kier alpha value is -2.70. The predicted molar refractivity (Wildman–Crippen MR) is 108 cm³/mol. The molecule has 2 aromatic carbocycles. The maximum absolute atomic E-state index is 12.9. The van der Waals surface area contributed by atoms with Crippen LogP contribution >= 0.6 is 23.8 Å². The minimum Gasteiger partial charge on any atom is -0.378 e. The van der Waals surface area contributed by atoms with Crippen LogP contribution in [0.2, 0.25) is 5.02 Å². The monoisotopic (exact) mass is 385 g/mol. The van der Waals surface area contributed by atoms with Gasteiger partial charge in [0, 0.05) is 24.8 Å². The fraction of sp³-hybridized carbons (Fsp3) is 0.105. The molecule has 3 rings (SSSR count). The zero-order chi connectivity index (χ0) is 18.8. The van der Waals surface area contributed by atoms with Gasteiger partial charge in [0.05, 0.1) is 5.69 Å². The van der Waals surface area contributed by atoms with Crippen LogP contribution in [-0.2, 0) is 9.59 Å². The molecule has 0 bridgehead atoms. The lowest BCUT2D eigenvalue weighted by Crippen LogP contribution is -2.54. The first-order valence-corrected chi connectivity index (χ1v) is 8.60. The molecule has 132 valence electrons. The molecule has 2 aromatic rings. The van der Waals surface area contributed by atoms with Gasteiger partial charge in [-0.05, 0) is 60.3 Å². The number of anilines is 2. The first-order valence-electron chi connectivity index (χ1n) is 7.81. The van der Waals surface area contributed by atoms with Gasteiger partial charge in [0.25, 0.3) is 11.8 Å². The summed E-state index contributed by atoms with van der Waals surface area (Å²) in [4.78, 5) is 28.4. The van der Waals surface area contributed by atoms with Gasteiger partial charge in [0.1, 0.15) is 5.57 Å². The Morgan fingerprint density at radius 3 is 2.23 bits per heavy atom. The molecule has 1 aliphatic heterocycles. The van der Waals surface area contributed by atoms with Crippen molar-refractivity contribution < 1.29 is 9.59 Å². The molecule has 5 nitrogen and oxygen atoms in total. The standard InChI is InChI=1S/C19H16ClN3O2S/c1-22(2)14-7-3-12(4-8-14)11-16-17(24)21-19(26)23(18(16)25)15-9-5-13(20)6-10-15/h3-11H,1-2H3,(H,21,24,26)/b16-11+. The van der Waals surface area contributed by atoms with E-state index >= 15 is 0 Å². The van der Waals surface area contributed by atoms with Crippen LogP contribution in [0.15, 0.2) is 54.1 Å². The van der Waals surface area contributed by atoms with Gasteiger partial charge >= 0.3 is 0 Å². The van der Waals surface area contributed by atoms with Crippen molar-refractivity contribution in [1.29, 1.82) is 0 Å². The van der Waals surface area contributed by atoms with Gasteiger partial charge in [0.15, 0.2) is 5.11 Å². The Bertz CT molecular complexity index is 905. The summed E-state index contributed by atoms with van der Waals surface area (Å²) in [6.07, 6.45) is 1.56. The molecule has 0 aromatic heterocycles. The first kappa shape index (κ1) is 18.1. The average molecular weight is 386 g/mol. The lowest BCUT2D eigenvalue weighted by Gasteiger charge is -2.29. The minimum atomic E-state index is -0.512. The van der Waals surface area contributed by atoms with Crippen LogP contribution in [0.5, 0.6) is 0 Å². The molecule has 0 saturated carbocycles. The summed E-state index contributed by atoms with van der Waals surface area (Å²) >= 11 is 11.1. The van der Waals surface area contributed by atoms with Crippen molar-refractivity contribution in [2.45, 2.75) is 0 Å². The Kier molecular flexibility index (Phi) is 5.06. The quantitative estimate of drug-likeness (QED) is 0.500. The third-order valence-electron chi connectivity index (χ3n) is 3.91. The van der Waals surface area contributed by atoms with Crippen molar-refractivity contribution in [2.75, 3.05) is 23.9 Å². The number of halogens is 1. The second kappa shape index (κ2) is 7.27. The number of benzene rings is 2. The summed E-state index contributed by atoms with van der Waals surface area (Å²) in [5, 5.41) is 3.15. The van der Waals surface area contributed by atoms with E-state index in [9.17, 15) is 9.59 Å². The second-order valence-corrected chi connectivity index (χ2v) is 6.74. The Morgan fingerprint density at radius 1 is 1.04 bits per heavy atom. The van der Waals surface area contributed by atoms with Gasteiger partial charge in [-0.1, -0.05) is 23.7 Å². The van der Waals surface area contributed by atoms with E-state index in [1.165, 1.54) is 4.90 Å². The van der Waals surface area contributed by atoms with Crippen molar-refractivity contribution >= 4 is 58.2 Å². The molecule has 0 radical (unpaired) electrons. The van der Waals surface area contributed by atoms with Crippen LogP contribution in [0.3, 0.4) is 0 Å². The number of nitrogens with one attached hydrogen (secondary N) is 1. The van der Waals surface area contributed by atoms with Crippen LogP contribution in [0.1, 0.15) is 5.56 Å². The van der Waals surface area contributed by atoms with Gasteiger partial charge < -0.3 is 4.90 Å². The maximum atomic E-state index is 12.9. The zero-order valence-electron chi connectivity index (χ0n) is 14.2. The van der Waals surface area contributed by atoms with Crippen LogP contribution < -0.4 is 15.1 Å². The first-order chi connectivity index (χ1) is 12.4. The van der Waals surface area contributed by atoms with E-state index < -0.39 is 11.8 Å². The van der Waals surface area contributed by atoms with Crippen molar-refractivity contribution in [1.82, 2.24) is 5.32 Å². The van der Waals surface area contributed by atoms with E-state index in [-0.39, 0.29) is 10.7 Å². The zero-order valence-corrected chi connectivity index (χ0v) is 15.8. The van der Waals surface area contributed by atoms with E-state index in [4.69, 9.17) is 23.8 Å². The average Bonchev–Trinajstić information content (AvgIpc) is 2.60. The highest BCUT2D eigenvalue weighted by Gasteiger charge is 2.34. The molecular weight excluding hydrogens is 370 g/mol. The number of carbonyl (C=O) groups is 2. The SMILES string of the molecule is CN(C)c1ccc(/C=C2\C(=O)NC(=S)N(c3ccc(Cl)cc3)C2=O)cc1. The van der Waals surface area contributed by atoms with Crippen molar-refractivity contribution in [2.24, 2.45) is 0 Å². The molecule has 1 fully saturated rings. The fourth-order valence-electron chi connectivity index (χ4n) is 2.52. The fourth-order valence-corrected chi connectivity index (χ4v) is 2.92. The Balaban J connectivity index is 1.95. The van der Waals surface area contributed by atoms with E-state index in [1.807, 2.05) is 43.3 Å². The predicted octanol–water partition coefficient (Wildman–Crippen LogP) is 3.24. The summed E-state index contributed by atoms with van der Waals surface area (Å²) in [5.41, 5.74) is 2.33. The summed E-state index contributed by atoms with van der Waals surface area (Å²) in [6.45, 7) is 0. The summed E-state index contributed by atoms with van der Waals surface area (Å²) in [5.74, 6) is -0.986. The third kappa shape index (κ3) is 3.61. The second-order valence-electron chi connectivity index (χ2n) is 5.92. The highest BCUT2D eigenvalue weighted by atomic mass is 35.5. The van der Waals surface area contributed by atoms with Crippen molar-refractivity contribution in [3.8, 4) is 0 Å². The number of hydrogen-bond donors (Lipinski definition) is 1. The van der Waals surface area contributed by atoms with E-state index in [1.54, 1.807) is 30.3 Å². The summed E-state index contributed by atoms with van der Waals surface area (Å²) in [6, 6.07) is 14.2. The molecular formula is C19H16ClN3O2S. The van der Waals surface area contributed by atoms with Gasteiger partial charge in [-0.15, -0.1) is 0 Å². The van der Waals surface area contributed by atoms with Crippen LogP contribution in [-0.4, -0.2) is 31.0 Å². The number of nitrogens with zero attached hydrogens (tertiary/aromatic N) is 2. The lowest BCUT2D eigenvalue weighted by molar-refractivity contribution is -0.122. The van der Waals surface area contributed by atoms with Crippen molar-refractivity contribution in [3.63, 3.8) is 0 Å². The van der Waals surface area contributed by atoms with Crippen molar-refractivity contribution in [3.05, 3.63) is 64.7 Å². The number of hydrogen-bond acceptors (Lipinski definition) is 4. The number of thiocarbonyl (C=S) groups is 1. The number of amides is 2. The molecule has 2 amide bonds. The molecule has 0 aliphatic carbocycles.